The van der Waals surface area contributed by atoms with Gasteiger partial charge in [0.1, 0.15) is 16.8 Å². The highest BCUT2D eigenvalue weighted by Crippen LogP contribution is 2.32. The van der Waals surface area contributed by atoms with Crippen LogP contribution < -0.4 is 10.1 Å². The minimum absolute atomic E-state index is 0.159. The van der Waals surface area contributed by atoms with Crippen molar-refractivity contribution in [1.29, 1.82) is 5.26 Å². The molecule has 0 unspecified atom stereocenters. The van der Waals surface area contributed by atoms with E-state index in [1.165, 1.54) is 23.5 Å². The highest BCUT2D eigenvalue weighted by Gasteiger charge is 2.31. The highest BCUT2D eigenvalue weighted by molar-refractivity contribution is 7.16. The van der Waals surface area contributed by atoms with Crippen LogP contribution in [-0.4, -0.2) is 12.3 Å². The molecule has 0 saturated carbocycles. The number of amides is 1. The van der Waals surface area contributed by atoms with Gasteiger partial charge in [-0.15, -0.1) is 24.5 Å². The largest absolute Gasteiger partial charge is 0.573 e. The maximum atomic E-state index is 12.1. The Balaban J connectivity index is 2.16. The van der Waals surface area contributed by atoms with Gasteiger partial charge < -0.3 is 10.1 Å². The van der Waals surface area contributed by atoms with Crippen LogP contribution in [-0.2, 0) is 0 Å². The van der Waals surface area contributed by atoms with E-state index in [0.717, 1.165) is 22.6 Å². The van der Waals surface area contributed by atoms with Crippen LogP contribution in [0.15, 0.2) is 24.3 Å². The summed E-state index contributed by atoms with van der Waals surface area (Å²) < 4.78 is 40.0. The average molecular weight is 340 g/mol. The number of carbonyl (C=O) groups is 1. The third-order valence-electron chi connectivity index (χ3n) is 3.07. The normalized spacial score (nSPS) is 11.0. The molecule has 0 aliphatic heterocycles. The van der Waals surface area contributed by atoms with Gasteiger partial charge in [-0.3, -0.25) is 4.79 Å². The Morgan fingerprint density at radius 3 is 2.39 bits per heavy atom. The fourth-order valence-electron chi connectivity index (χ4n) is 1.83. The first-order chi connectivity index (χ1) is 10.7. The maximum absolute atomic E-state index is 12.1. The molecule has 0 saturated heterocycles. The molecule has 1 N–H and O–H groups in total. The summed E-state index contributed by atoms with van der Waals surface area (Å²) in [4.78, 5) is 13.0. The molecule has 2 aromatic rings. The molecule has 0 bridgehead atoms. The average Bonchev–Trinajstić information content (AvgIpc) is 2.72. The van der Waals surface area contributed by atoms with Crippen LogP contribution in [0.5, 0.6) is 5.75 Å². The number of alkyl halides is 3. The fraction of sp³-hybridized carbons (Fsp3) is 0.200. The Labute approximate surface area is 134 Å². The minimum Gasteiger partial charge on any atom is -0.406 e. The van der Waals surface area contributed by atoms with Crippen molar-refractivity contribution in [2.24, 2.45) is 0 Å². The first-order valence-corrected chi connectivity index (χ1v) is 7.20. The Hall–Kier alpha value is -2.53. The molecule has 4 nitrogen and oxygen atoms in total. The summed E-state index contributed by atoms with van der Waals surface area (Å²) in [7, 11) is 0. The monoisotopic (exact) mass is 340 g/mol. The van der Waals surface area contributed by atoms with Crippen LogP contribution >= 0.6 is 11.3 Å². The number of aryl methyl sites for hydroxylation is 1. The Kier molecular flexibility index (Phi) is 4.61. The van der Waals surface area contributed by atoms with Crippen LogP contribution in [0.1, 0.15) is 26.4 Å². The summed E-state index contributed by atoms with van der Waals surface area (Å²) in [6, 6.07) is 6.57. The molecule has 2 rings (SSSR count). The summed E-state index contributed by atoms with van der Waals surface area (Å²) in [6.45, 7) is 3.61. The third-order valence-corrected chi connectivity index (χ3v) is 4.20. The van der Waals surface area contributed by atoms with Gasteiger partial charge in [-0.1, -0.05) is 0 Å². The zero-order valence-corrected chi connectivity index (χ0v) is 12.9. The first kappa shape index (κ1) is 16.8. The van der Waals surface area contributed by atoms with Gasteiger partial charge in [-0.25, -0.2) is 0 Å². The summed E-state index contributed by atoms with van der Waals surface area (Å²) >= 11 is 1.27. The first-order valence-electron chi connectivity index (χ1n) is 6.38. The van der Waals surface area contributed by atoms with Gasteiger partial charge in [-0.2, -0.15) is 5.26 Å². The van der Waals surface area contributed by atoms with E-state index in [1.54, 1.807) is 6.92 Å². The van der Waals surface area contributed by atoms with Crippen molar-refractivity contribution in [3.05, 3.63) is 45.8 Å². The van der Waals surface area contributed by atoms with Crippen LogP contribution in [0.25, 0.3) is 0 Å². The molecule has 8 heteroatoms. The molecular formula is C15H11F3N2O2S. The van der Waals surface area contributed by atoms with E-state index in [1.807, 2.05) is 13.0 Å². The van der Waals surface area contributed by atoms with Gasteiger partial charge in [0, 0.05) is 10.4 Å². The quantitative estimate of drug-likeness (QED) is 0.901. The van der Waals surface area contributed by atoms with Crippen molar-refractivity contribution >= 4 is 22.2 Å². The lowest BCUT2D eigenvalue weighted by atomic mass is 10.1. The highest BCUT2D eigenvalue weighted by atomic mass is 32.1. The number of ether oxygens (including phenoxy) is 1. The number of rotatable bonds is 3. The molecule has 0 fully saturated rings. The van der Waals surface area contributed by atoms with Gasteiger partial charge in [0.15, 0.2) is 0 Å². The van der Waals surface area contributed by atoms with Crippen molar-refractivity contribution in [3.63, 3.8) is 0 Å². The second-order valence-corrected chi connectivity index (χ2v) is 5.85. The van der Waals surface area contributed by atoms with Crippen molar-refractivity contribution < 1.29 is 22.7 Å². The van der Waals surface area contributed by atoms with Gasteiger partial charge in [-0.05, 0) is 43.7 Å². The lowest BCUT2D eigenvalue weighted by molar-refractivity contribution is -0.274. The Morgan fingerprint density at radius 2 is 1.87 bits per heavy atom. The van der Waals surface area contributed by atoms with E-state index < -0.39 is 18.0 Å². The van der Waals surface area contributed by atoms with Crippen molar-refractivity contribution in [1.82, 2.24) is 0 Å². The number of thiophene rings is 1. The Bertz CT molecular complexity index is 774. The molecule has 0 spiro atoms. The lowest BCUT2D eigenvalue weighted by Gasteiger charge is -2.09. The molecule has 1 aromatic heterocycles. The van der Waals surface area contributed by atoms with Gasteiger partial charge in [0.2, 0.25) is 0 Å². The van der Waals surface area contributed by atoms with Gasteiger partial charge >= 0.3 is 6.36 Å². The Morgan fingerprint density at radius 1 is 1.26 bits per heavy atom. The molecule has 120 valence electrons. The number of hydrogen-bond acceptors (Lipinski definition) is 4. The number of nitriles is 1. The van der Waals surface area contributed by atoms with E-state index in [0.29, 0.717) is 10.6 Å². The summed E-state index contributed by atoms with van der Waals surface area (Å²) in [6.07, 6.45) is -4.78. The van der Waals surface area contributed by atoms with E-state index in [-0.39, 0.29) is 5.56 Å². The molecule has 0 aliphatic rings. The number of hydrogen-bond donors (Lipinski definition) is 1. The number of benzene rings is 1. The standard InChI is InChI=1S/C15H11F3N2O2S/c1-8-9(2)23-14(12(8)7-19)20-13(21)10-3-5-11(6-4-10)22-15(16,17)18/h3-6H,1-2H3,(H,20,21). The number of carbonyl (C=O) groups excluding carboxylic acids is 1. The molecule has 0 radical (unpaired) electrons. The second-order valence-electron chi connectivity index (χ2n) is 4.63. The maximum Gasteiger partial charge on any atom is 0.573 e. The molecule has 1 heterocycles. The molecule has 23 heavy (non-hydrogen) atoms. The summed E-state index contributed by atoms with van der Waals surface area (Å²) in [5.41, 5.74) is 1.34. The molecule has 0 aliphatic carbocycles. The van der Waals surface area contributed by atoms with Crippen LogP contribution in [0, 0.1) is 25.2 Å². The number of nitrogens with zero attached hydrogens (tertiary/aromatic N) is 1. The van der Waals surface area contributed by atoms with E-state index in [9.17, 15) is 18.0 Å². The third kappa shape index (κ3) is 4.02. The molecule has 1 aromatic carbocycles. The number of halogens is 3. The molecular weight excluding hydrogens is 329 g/mol. The zero-order chi connectivity index (χ0) is 17.2. The van der Waals surface area contributed by atoms with E-state index in [4.69, 9.17) is 5.26 Å². The van der Waals surface area contributed by atoms with E-state index in [2.05, 4.69) is 10.1 Å². The fourth-order valence-corrected chi connectivity index (χ4v) is 2.84. The predicted molar refractivity (Wildman–Crippen MR) is 79.6 cm³/mol. The predicted octanol–water partition coefficient (Wildman–Crippen LogP) is 4.39. The van der Waals surface area contributed by atoms with Gasteiger partial charge in [0.05, 0.1) is 5.56 Å². The molecule has 1 amide bonds. The zero-order valence-electron chi connectivity index (χ0n) is 12.1. The minimum atomic E-state index is -4.78. The number of anilines is 1. The van der Waals surface area contributed by atoms with Crippen LogP contribution in [0.2, 0.25) is 0 Å². The second kappa shape index (κ2) is 6.30. The van der Waals surface area contributed by atoms with Crippen molar-refractivity contribution in [3.8, 4) is 11.8 Å². The summed E-state index contributed by atoms with van der Waals surface area (Å²) in [5.74, 6) is -0.920. The lowest BCUT2D eigenvalue weighted by Crippen LogP contribution is -2.17. The molecule has 0 atom stereocenters. The number of nitrogens with one attached hydrogen (secondary N) is 1. The van der Waals surface area contributed by atoms with Crippen LogP contribution in [0.4, 0.5) is 18.2 Å². The smallest absolute Gasteiger partial charge is 0.406 e. The van der Waals surface area contributed by atoms with Crippen molar-refractivity contribution in [2.75, 3.05) is 5.32 Å². The van der Waals surface area contributed by atoms with Crippen molar-refractivity contribution in [2.45, 2.75) is 20.2 Å². The van der Waals surface area contributed by atoms with E-state index >= 15 is 0 Å². The van der Waals surface area contributed by atoms with Crippen LogP contribution in [0.3, 0.4) is 0 Å². The SMILES string of the molecule is Cc1sc(NC(=O)c2ccc(OC(F)(F)F)cc2)c(C#N)c1C. The summed E-state index contributed by atoms with van der Waals surface area (Å²) in [5, 5.41) is 12.1. The van der Waals surface area contributed by atoms with Gasteiger partial charge in [0.25, 0.3) is 5.91 Å². The topological polar surface area (TPSA) is 62.1 Å².